The summed E-state index contributed by atoms with van der Waals surface area (Å²) in [5.41, 5.74) is 2.16. The number of rotatable bonds is 3. The third-order valence-corrected chi connectivity index (χ3v) is 1.89. The second-order valence-corrected chi connectivity index (χ2v) is 2.76. The first-order valence-electron chi connectivity index (χ1n) is 4.19. The molecule has 0 amide bonds. The van der Waals surface area contributed by atoms with Gasteiger partial charge in [-0.05, 0) is 17.5 Å². The topological polar surface area (TPSA) is 47.6 Å². The summed E-state index contributed by atoms with van der Waals surface area (Å²) in [6.07, 6.45) is 1.69. The van der Waals surface area contributed by atoms with Crippen LogP contribution >= 0.6 is 0 Å². The maximum absolute atomic E-state index is 8.55. The molecule has 0 radical (unpaired) electrons. The molecule has 0 saturated carbocycles. The molecular weight excluding hydrogens is 160 g/mol. The molecule has 0 aliphatic heterocycles. The van der Waals surface area contributed by atoms with Gasteiger partial charge < -0.3 is 0 Å². The predicted molar refractivity (Wildman–Crippen MR) is 49.7 cm³/mol. The first kappa shape index (κ1) is 9.29. The monoisotopic (exact) mass is 170 g/mol. The fourth-order valence-electron chi connectivity index (χ4n) is 1.25. The molecule has 2 nitrogen and oxygen atoms in total. The van der Waals surface area contributed by atoms with Gasteiger partial charge in [-0.3, -0.25) is 0 Å². The summed E-state index contributed by atoms with van der Waals surface area (Å²) in [6, 6.07) is 12.0. The Morgan fingerprint density at radius 3 is 2.31 bits per heavy atom. The molecule has 0 fully saturated rings. The van der Waals surface area contributed by atoms with Crippen molar-refractivity contribution in [2.75, 3.05) is 0 Å². The molecule has 1 aromatic carbocycles. The van der Waals surface area contributed by atoms with Gasteiger partial charge in [-0.25, -0.2) is 0 Å². The molecule has 0 aliphatic carbocycles. The van der Waals surface area contributed by atoms with Crippen LogP contribution in [0.1, 0.15) is 17.5 Å². The second-order valence-electron chi connectivity index (χ2n) is 2.76. The maximum Gasteiger partial charge on any atom is 0.0669 e. The number of hydrogen-bond acceptors (Lipinski definition) is 2. The highest BCUT2D eigenvalue weighted by Gasteiger charge is 1.99. The van der Waals surface area contributed by atoms with Crippen LogP contribution in [0.25, 0.3) is 0 Å². The Labute approximate surface area is 78.0 Å². The standard InChI is InChI=1S/C11H10N2/c12-8-3-6-10-4-1-2-5-11(10)7-9-13/h1-2,4-5H,3,6-7H2. The van der Waals surface area contributed by atoms with Crippen molar-refractivity contribution in [1.82, 2.24) is 0 Å². The van der Waals surface area contributed by atoms with E-state index >= 15 is 0 Å². The lowest BCUT2D eigenvalue weighted by Crippen LogP contribution is -1.92. The van der Waals surface area contributed by atoms with E-state index in [0.717, 1.165) is 17.5 Å². The molecule has 13 heavy (non-hydrogen) atoms. The number of benzene rings is 1. The van der Waals surface area contributed by atoms with Gasteiger partial charge in [0.25, 0.3) is 0 Å². The van der Waals surface area contributed by atoms with Crippen LogP contribution < -0.4 is 0 Å². The summed E-state index contributed by atoms with van der Waals surface area (Å²) in [7, 11) is 0. The number of nitrogens with zero attached hydrogens (tertiary/aromatic N) is 2. The first-order valence-corrected chi connectivity index (χ1v) is 4.19. The summed E-state index contributed by atoms with van der Waals surface area (Å²) < 4.78 is 0. The van der Waals surface area contributed by atoms with E-state index < -0.39 is 0 Å². The Balaban J connectivity index is 2.80. The molecule has 0 N–H and O–H groups in total. The maximum atomic E-state index is 8.55. The summed E-state index contributed by atoms with van der Waals surface area (Å²) in [5.74, 6) is 0. The number of aryl methyl sites for hydroxylation is 1. The normalized spacial score (nSPS) is 8.77. The molecule has 0 spiro atoms. The van der Waals surface area contributed by atoms with Crippen LogP contribution in [0.15, 0.2) is 24.3 Å². The Morgan fingerprint density at radius 1 is 1.00 bits per heavy atom. The van der Waals surface area contributed by atoms with E-state index in [1.165, 1.54) is 0 Å². The van der Waals surface area contributed by atoms with Crippen molar-refractivity contribution in [1.29, 1.82) is 10.5 Å². The van der Waals surface area contributed by atoms with Gasteiger partial charge in [0, 0.05) is 6.42 Å². The number of hydrogen-bond donors (Lipinski definition) is 0. The van der Waals surface area contributed by atoms with Crippen molar-refractivity contribution in [3.05, 3.63) is 35.4 Å². The van der Waals surface area contributed by atoms with E-state index in [0.29, 0.717) is 12.8 Å². The van der Waals surface area contributed by atoms with Crippen LogP contribution in [-0.2, 0) is 12.8 Å². The van der Waals surface area contributed by atoms with Gasteiger partial charge in [0.05, 0.1) is 18.6 Å². The van der Waals surface area contributed by atoms with Crippen LogP contribution in [0.4, 0.5) is 0 Å². The zero-order chi connectivity index (χ0) is 9.52. The van der Waals surface area contributed by atoms with Crippen LogP contribution in [0, 0.1) is 22.7 Å². The summed E-state index contributed by atoms with van der Waals surface area (Å²) in [6.45, 7) is 0. The summed E-state index contributed by atoms with van der Waals surface area (Å²) in [5, 5.41) is 17.0. The van der Waals surface area contributed by atoms with Crippen molar-refractivity contribution in [2.24, 2.45) is 0 Å². The van der Waals surface area contributed by atoms with E-state index in [9.17, 15) is 0 Å². The molecule has 0 saturated heterocycles. The molecule has 1 aromatic rings. The third-order valence-electron chi connectivity index (χ3n) is 1.89. The fourth-order valence-corrected chi connectivity index (χ4v) is 1.25. The molecular formula is C11H10N2. The minimum atomic E-state index is 0.432. The lowest BCUT2D eigenvalue weighted by Gasteiger charge is -2.02. The fraction of sp³-hybridized carbons (Fsp3) is 0.273. The summed E-state index contributed by atoms with van der Waals surface area (Å²) in [4.78, 5) is 0. The molecule has 64 valence electrons. The Hall–Kier alpha value is -1.80. The molecule has 0 aliphatic rings. The smallest absolute Gasteiger partial charge is 0.0669 e. The largest absolute Gasteiger partial charge is 0.198 e. The molecule has 0 heterocycles. The first-order chi connectivity index (χ1) is 6.38. The molecule has 2 heteroatoms. The molecule has 0 aromatic heterocycles. The van der Waals surface area contributed by atoms with Gasteiger partial charge in [-0.2, -0.15) is 10.5 Å². The average molecular weight is 170 g/mol. The van der Waals surface area contributed by atoms with E-state index in [-0.39, 0.29) is 0 Å². The average Bonchev–Trinajstić information content (AvgIpc) is 2.17. The van der Waals surface area contributed by atoms with Crippen LogP contribution in [-0.4, -0.2) is 0 Å². The van der Waals surface area contributed by atoms with Crippen LogP contribution in [0.5, 0.6) is 0 Å². The van der Waals surface area contributed by atoms with Gasteiger partial charge in [-0.15, -0.1) is 0 Å². The minimum Gasteiger partial charge on any atom is -0.198 e. The van der Waals surface area contributed by atoms with Crippen LogP contribution in [0.2, 0.25) is 0 Å². The van der Waals surface area contributed by atoms with Crippen molar-refractivity contribution in [3.8, 4) is 12.1 Å². The van der Waals surface area contributed by atoms with Gasteiger partial charge in [0.2, 0.25) is 0 Å². The van der Waals surface area contributed by atoms with Crippen LogP contribution in [0.3, 0.4) is 0 Å². The van der Waals surface area contributed by atoms with E-state index in [2.05, 4.69) is 12.1 Å². The predicted octanol–water partition coefficient (Wildman–Crippen LogP) is 2.21. The van der Waals surface area contributed by atoms with Gasteiger partial charge in [0.15, 0.2) is 0 Å². The lowest BCUT2D eigenvalue weighted by atomic mass is 10.0. The van der Waals surface area contributed by atoms with Crippen molar-refractivity contribution in [3.63, 3.8) is 0 Å². The minimum absolute atomic E-state index is 0.432. The zero-order valence-electron chi connectivity index (χ0n) is 7.33. The van der Waals surface area contributed by atoms with Crippen molar-refractivity contribution >= 4 is 0 Å². The summed E-state index contributed by atoms with van der Waals surface area (Å²) >= 11 is 0. The Morgan fingerprint density at radius 2 is 1.69 bits per heavy atom. The van der Waals surface area contributed by atoms with E-state index in [4.69, 9.17) is 10.5 Å². The highest BCUT2D eigenvalue weighted by atomic mass is 14.2. The quantitative estimate of drug-likeness (QED) is 0.698. The highest BCUT2D eigenvalue weighted by Crippen LogP contribution is 2.10. The highest BCUT2D eigenvalue weighted by molar-refractivity contribution is 5.29. The Kier molecular flexibility index (Phi) is 3.54. The molecule has 0 bridgehead atoms. The third kappa shape index (κ3) is 2.61. The lowest BCUT2D eigenvalue weighted by molar-refractivity contribution is 0.985. The number of nitriles is 2. The molecule has 0 unspecified atom stereocenters. The SMILES string of the molecule is N#CCCc1ccccc1CC#N. The van der Waals surface area contributed by atoms with Gasteiger partial charge in [-0.1, -0.05) is 24.3 Å². The Bertz CT molecular complexity index is 355. The van der Waals surface area contributed by atoms with Crippen molar-refractivity contribution < 1.29 is 0 Å². The second kappa shape index (κ2) is 4.95. The van der Waals surface area contributed by atoms with Gasteiger partial charge in [0.1, 0.15) is 0 Å². The zero-order valence-corrected chi connectivity index (χ0v) is 7.33. The van der Waals surface area contributed by atoms with E-state index in [1.807, 2.05) is 24.3 Å². The van der Waals surface area contributed by atoms with E-state index in [1.54, 1.807) is 0 Å². The van der Waals surface area contributed by atoms with Crippen molar-refractivity contribution in [2.45, 2.75) is 19.3 Å². The molecule has 0 atom stereocenters. The molecule has 1 rings (SSSR count). The van der Waals surface area contributed by atoms with Gasteiger partial charge >= 0.3 is 0 Å².